The van der Waals surface area contributed by atoms with Crippen LogP contribution in [-0.4, -0.2) is 8.42 Å². The molecule has 4 nitrogen and oxygen atoms in total. The van der Waals surface area contributed by atoms with Gasteiger partial charge in [-0.15, -0.1) is 0 Å². The molecule has 0 spiro atoms. The Balaban J connectivity index is 2.13. The van der Waals surface area contributed by atoms with Crippen LogP contribution >= 0.6 is 15.9 Å². The van der Waals surface area contributed by atoms with Crippen LogP contribution < -0.4 is 10.5 Å². The molecule has 2 aromatic rings. The van der Waals surface area contributed by atoms with Crippen molar-refractivity contribution in [2.45, 2.75) is 5.75 Å². The topological polar surface area (TPSA) is 72.2 Å². The highest BCUT2D eigenvalue weighted by Crippen LogP contribution is 2.17. The summed E-state index contributed by atoms with van der Waals surface area (Å²) in [4.78, 5) is 0. The van der Waals surface area contributed by atoms with Crippen molar-refractivity contribution in [3.05, 3.63) is 58.6 Å². The molecule has 0 saturated heterocycles. The Hall–Kier alpha value is -1.53. The van der Waals surface area contributed by atoms with Crippen LogP contribution in [0.5, 0.6) is 0 Å². The lowest BCUT2D eigenvalue weighted by Gasteiger charge is -2.08. The summed E-state index contributed by atoms with van der Waals surface area (Å²) < 4.78 is 27.4. The van der Waals surface area contributed by atoms with Gasteiger partial charge >= 0.3 is 0 Å². The van der Waals surface area contributed by atoms with Crippen LogP contribution in [0.25, 0.3) is 0 Å². The van der Waals surface area contributed by atoms with E-state index < -0.39 is 10.0 Å². The van der Waals surface area contributed by atoms with E-state index in [4.69, 9.17) is 5.73 Å². The first-order chi connectivity index (χ1) is 8.94. The number of hydrogen-bond donors (Lipinski definition) is 2. The molecular formula is C13H13BrN2O2S. The molecule has 0 saturated carbocycles. The summed E-state index contributed by atoms with van der Waals surface area (Å²) in [6.07, 6.45) is 0. The number of sulfonamides is 1. The monoisotopic (exact) mass is 340 g/mol. The lowest BCUT2D eigenvalue weighted by molar-refractivity contribution is 0.600. The van der Waals surface area contributed by atoms with Crippen molar-refractivity contribution in [2.24, 2.45) is 0 Å². The number of nitrogens with two attached hydrogens (primary N) is 1. The van der Waals surface area contributed by atoms with Crippen LogP contribution in [0.15, 0.2) is 53.0 Å². The van der Waals surface area contributed by atoms with Gasteiger partial charge in [-0.25, -0.2) is 8.42 Å². The Morgan fingerprint density at radius 1 is 1.11 bits per heavy atom. The normalized spacial score (nSPS) is 11.2. The fraction of sp³-hybridized carbons (Fsp3) is 0.0769. The van der Waals surface area contributed by atoms with Gasteiger partial charge in [0.2, 0.25) is 10.0 Å². The molecule has 0 fully saturated rings. The fourth-order valence-electron chi connectivity index (χ4n) is 1.64. The van der Waals surface area contributed by atoms with E-state index in [0.717, 1.165) is 4.47 Å². The van der Waals surface area contributed by atoms with E-state index in [-0.39, 0.29) is 5.75 Å². The zero-order valence-electron chi connectivity index (χ0n) is 10.0. The van der Waals surface area contributed by atoms with Gasteiger partial charge in [0.15, 0.2) is 0 Å². The molecule has 3 N–H and O–H groups in total. The highest BCUT2D eigenvalue weighted by Gasteiger charge is 2.11. The molecule has 0 bridgehead atoms. The molecule has 0 heterocycles. The maximum Gasteiger partial charge on any atom is 0.236 e. The zero-order chi connectivity index (χ0) is 13.9. The van der Waals surface area contributed by atoms with Crippen LogP contribution in [0.4, 0.5) is 11.4 Å². The van der Waals surface area contributed by atoms with Gasteiger partial charge < -0.3 is 5.73 Å². The van der Waals surface area contributed by atoms with Crippen LogP contribution in [0.2, 0.25) is 0 Å². The Morgan fingerprint density at radius 2 is 1.79 bits per heavy atom. The van der Waals surface area contributed by atoms with E-state index in [1.807, 2.05) is 0 Å². The molecule has 0 unspecified atom stereocenters. The van der Waals surface area contributed by atoms with E-state index in [1.165, 1.54) is 0 Å². The maximum atomic E-state index is 12.0. The smallest absolute Gasteiger partial charge is 0.236 e. The number of halogens is 1. The summed E-state index contributed by atoms with van der Waals surface area (Å²) in [5.41, 5.74) is 7.37. The lowest BCUT2D eigenvalue weighted by atomic mass is 10.2. The van der Waals surface area contributed by atoms with Crippen molar-refractivity contribution in [3.8, 4) is 0 Å². The minimum absolute atomic E-state index is 0.103. The third-order valence-electron chi connectivity index (χ3n) is 2.43. The Kier molecular flexibility index (Phi) is 4.11. The van der Waals surface area contributed by atoms with Gasteiger partial charge in [0, 0.05) is 15.8 Å². The molecular weight excluding hydrogens is 328 g/mol. The van der Waals surface area contributed by atoms with Crippen LogP contribution in [0, 0.1) is 0 Å². The van der Waals surface area contributed by atoms with E-state index in [2.05, 4.69) is 20.7 Å². The lowest BCUT2D eigenvalue weighted by Crippen LogP contribution is -2.15. The number of benzene rings is 2. The molecule has 0 aliphatic rings. The zero-order valence-corrected chi connectivity index (χ0v) is 12.4. The molecule has 2 rings (SSSR count). The van der Waals surface area contributed by atoms with Gasteiger partial charge in [-0.3, -0.25) is 4.72 Å². The number of nitrogen functional groups attached to an aromatic ring is 1. The summed E-state index contributed by atoms with van der Waals surface area (Å²) in [6, 6.07) is 13.8. The summed E-state index contributed by atoms with van der Waals surface area (Å²) in [6.45, 7) is 0. The quantitative estimate of drug-likeness (QED) is 0.840. The first-order valence-electron chi connectivity index (χ1n) is 5.55. The van der Waals surface area contributed by atoms with Gasteiger partial charge in [-0.1, -0.05) is 28.1 Å². The van der Waals surface area contributed by atoms with Crippen molar-refractivity contribution in [2.75, 3.05) is 10.5 Å². The molecule has 100 valence electrons. The minimum Gasteiger partial charge on any atom is -0.399 e. The summed E-state index contributed by atoms with van der Waals surface area (Å²) in [7, 11) is -3.44. The molecule has 0 amide bonds. The van der Waals surface area contributed by atoms with Crippen molar-refractivity contribution in [3.63, 3.8) is 0 Å². The average molecular weight is 341 g/mol. The third-order valence-corrected chi connectivity index (χ3v) is 4.21. The van der Waals surface area contributed by atoms with E-state index >= 15 is 0 Å². The van der Waals surface area contributed by atoms with Gasteiger partial charge in [-0.05, 0) is 42.0 Å². The first-order valence-corrected chi connectivity index (χ1v) is 8.00. The van der Waals surface area contributed by atoms with Crippen LogP contribution in [0.3, 0.4) is 0 Å². The molecule has 6 heteroatoms. The average Bonchev–Trinajstić information content (AvgIpc) is 2.31. The number of nitrogens with one attached hydrogen (secondary N) is 1. The van der Waals surface area contributed by atoms with Crippen LogP contribution in [0.1, 0.15) is 5.56 Å². The van der Waals surface area contributed by atoms with Gasteiger partial charge in [-0.2, -0.15) is 0 Å². The number of hydrogen-bond acceptors (Lipinski definition) is 3. The molecule has 0 aliphatic carbocycles. The highest BCUT2D eigenvalue weighted by atomic mass is 79.9. The SMILES string of the molecule is Nc1cccc(CS(=O)(=O)Nc2ccc(Br)cc2)c1. The third kappa shape index (κ3) is 4.25. The largest absolute Gasteiger partial charge is 0.399 e. The number of rotatable bonds is 4. The first kappa shape index (κ1) is 13.9. The molecule has 19 heavy (non-hydrogen) atoms. The summed E-state index contributed by atoms with van der Waals surface area (Å²) in [5.74, 6) is -0.103. The molecule has 2 aromatic carbocycles. The second-order valence-corrected chi connectivity index (χ2v) is 6.75. The minimum atomic E-state index is -3.44. The second-order valence-electron chi connectivity index (χ2n) is 4.11. The summed E-state index contributed by atoms with van der Waals surface area (Å²) >= 11 is 3.30. The Morgan fingerprint density at radius 3 is 2.42 bits per heavy atom. The fourth-order valence-corrected chi connectivity index (χ4v) is 3.09. The summed E-state index contributed by atoms with van der Waals surface area (Å²) in [5, 5.41) is 0. The molecule has 0 aliphatic heterocycles. The van der Waals surface area contributed by atoms with Gasteiger partial charge in [0.1, 0.15) is 0 Å². The highest BCUT2D eigenvalue weighted by molar-refractivity contribution is 9.10. The predicted molar refractivity (Wildman–Crippen MR) is 81.2 cm³/mol. The van der Waals surface area contributed by atoms with E-state index in [9.17, 15) is 8.42 Å². The van der Waals surface area contributed by atoms with Gasteiger partial charge in [0.05, 0.1) is 5.75 Å². The number of anilines is 2. The van der Waals surface area contributed by atoms with Crippen molar-refractivity contribution < 1.29 is 8.42 Å². The standard InChI is InChI=1S/C13H13BrN2O2S/c14-11-4-6-13(7-5-11)16-19(17,18)9-10-2-1-3-12(15)8-10/h1-8,16H,9,15H2. The van der Waals surface area contributed by atoms with E-state index in [1.54, 1.807) is 48.5 Å². The van der Waals surface area contributed by atoms with E-state index in [0.29, 0.717) is 16.9 Å². The maximum absolute atomic E-state index is 12.0. The van der Waals surface area contributed by atoms with Crippen molar-refractivity contribution in [1.82, 2.24) is 0 Å². The van der Waals surface area contributed by atoms with Crippen molar-refractivity contribution in [1.29, 1.82) is 0 Å². The Bertz CT molecular complexity index is 669. The molecule has 0 atom stereocenters. The molecule has 0 radical (unpaired) electrons. The van der Waals surface area contributed by atoms with Crippen molar-refractivity contribution >= 4 is 37.3 Å². The second kappa shape index (κ2) is 5.63. The Labute approximate surface area is 120 Å². The predicted octanol–water partition coefficient (Wildman–Crippen LogP) is 2.97. The molecule has 0 aromatic heterocycles. The van der Waals surface area contributed by atoms with Gasteiger partial charge in [0.25, 0.3) is 0 Å². The van der Waals surface area contributed by atoms with Crippen LogP contribution in [-0.2, 0) is 15.8 Å².